The molecular formula is C17H25N3O5. The Morgan fingerprint density at radius 1 is 1.40 bits per heavy atom. The minimum atomic E-state index is -0.566. The molecule has 138 valence electrons. The molecule has 1 heterocycles. The molecule has 0 bridgehead atoms. The molecule has 0 unspecified atom stereocenters. The van der Waals surface area contributed by atoms with Gasteiger partial charge in [0, 0.05) is 24.2 Å². The first kappa shape index (κ1) is 19.1. The minimum absolute atomic E-state index is 0.00285. The predicted octanol–water partition coefficient (Wildman–Crippen LogP) is 2.26. The summed E-state index contributed by atoms with van der Waals surface area (Å²) in [5.41, 5.74) is 0.446. The quantitative estimate of drug-likeness (QED) is 0.860. The average molecular weight is 351 g/mol. The molecule has 1 aliphatic rings. The van der Waals surface area contributed by atoms with Crippen molar-refractivity contribution in [1.82, 2.24) is 10.5 Å². The van der Waals surface area contributed by atoms with E-state index in [1.54, 1.807) is 20.8 Å². The molecule has 1 fully saturated rings. The number of aliphatic hydroxyl groups is 1. The van der Waals surface area contributed by atoms with Gasteiger partial charge in [-0.1, -0.05) is 5.16 Å². The van der Waals surface area contributed by atoms with E-state index >= 15 is 0 Å². The molecule has 0 saturated heterocycles. The first-order chi connectivity index (χ1) is 11.8. The van der Waals surface area contributed by atoms with Gasteiger partial charge >= 0.3 is 6.09 Å². The van der Waals surface area contributed by atoms with Gasteiger partial charge in [-0.15, -0.1) is 0 Å². The van der Waals surface area contributed by atoms with Crippen LogP contribution in [0, 0.1) is 0 Å². The Balaban J connectivity index is 1.81. The van der Waals surface area contributed by atoms with E-state index in [0.29, 0.717) is 37.9 Å². The van der Waals surface area contributed by atoms with Crippen molar-refractivity contribution >= 4 is 17.7 Å². The number of nitrogens with zero attached hydrogens (tertiary/aromatic N) is 2. The van der Waals surface area contributed by atoms with Gasteiger partial charge in [0.15, 0.2) is 5.69 Å². The van der Waals surface area contributed by atoms with Crippen molar-refractivity contribution in [3.05, 3.63) is 17.5 Å². The van der Waals surface area contributed by atoms with E-state index in [1.807, 2.05) is 0 Å². The minimum Gasteiger partial charge on any atom is -0.442 e. The van der Waals surface area contributed by atoms with E-state index in [4.69, 9.17) is 14.4 Å². The predicted molar refractivity (Wildman–Crippen MR) is 90.7 cm³/mol. The van der Waals surface area contributed by atoms with Gasteiger partial charge in [-0.3, -0.25) is 4.79 Å². The number of ether oxygens (including phenoxy) is 1. The summed E-state index contributed by atoms with van der Waals surface area (Å²) in [6.07, 6.45) is 2.44. The fourth-order valence-corrected chi connectivity index (χ4v) is 2.53. The maximum Gasteiger partial charge on any atom is 0.434 e. The molecule has 0 atom stereocenters. The zero-order chi connectivity index (χ0) is 18.4. The van der Waals surface area contributed by atoms with Crippen LogP contribution in [0.25, 0.3) is 0 Å². The van der Waals surface area contributed by atoms with Crippen LogP contribution in [-0.4, -0.2) is 46.2 Å². The Bertz CT molecular complexity index is 635. The van der Waals surface area contributed by atoms with Crippen LogP contribution in [0.3, 0.4) is 0 Å². The van der Waals surface area contributed by atoms with Gasteiger partial charge < -0.3 is 19.7 Å². The Labute approximate surface area is 146 Å². The summed E-state index contributed by atoms with van der Waals surface area (Å²) in [6, 6.07) is 1.53. The highest BCUT2D eigenvalue weighted by Gasteiger charge is 2.23. The maximum absolute atomic E-state index is 12.1. The van der Waals surface area contributed by atoms with Crippen molar-refractivity contribution in [3.63, 3.8) is 0 Å². The molecule has 0 aromatic carbocycles. The maximum atomic E-state index is 12.1. The Hall–Kier alpha value is -2.22. The highest BCUT2D eigenvalue weighted by Crippen LogP contribution is 2.18. The molecule has 1 aliphatic carbocycles. The summed E-state index contributed by atoms with van der Waals surface area (Å²) in [4.78, 5) is 27.9. The molecule has 2 N–H and O–H groups in total. The molecule has 0 radical (unpaired) electrons. The lowest BCUT2D eigenvalue weighted by Crippen LogP contribution is -2.38. The van der Waals surface area contributed by atoms with E-state index in [-0.39, 0.29) is 24.2 Å². The van der Waals surface area contributed by atoms with E-state index < -0.39 is 11.7 Å². The fraction of sp³-hybridized carbons (Fsp3) is 0.647. The number of aromatic nitrogens is 1. The lowest BCUT2D eigenvalue weighted by atomic mass is 9.93. The van der Waals surface area contributed by atoms with Crippen LogP contribution in [0.5, 0.6) is 0 Å². The Morgan fingerprint density at radius 3 is 2.68 bits per heavy atom. The molecule has 0 spiro atoms. The number of carbonyl (C=O) groups is 2. The summed E-state index contributed by atoms with van der Waals surface area (Å²) < 4.78 is 10.2. The summed E-state index contributed by atoms with van der Waals surface area (Å²) >= 11 is 0. The number of rotatable bonds is 4. The summed E-state index contributed by atoms with van der Waals surface area (Å²) in [6.45, 7) is 5.34. The average Bonchev–Trinajstić information content (AvgIpc) is 2.96. The molecule has 2 amide bonds. The second-order valence-electron chi connectivity index (χ2n) is 7.06. The van der Waals surface area contributed by atoms with E-state index in [2.05, 4.69) is 15.5 Å². The zero-order valence-corrected chi connectivity index (χ0v) is 14.9. The number of carbonyl (C=O) groups excluding carboxylic acids is 2. The second kappa shape index (κ2) is 8.24. The largest absolute Gasteiger partial charge is 0.442 e. The number of hydrogen-bond donors (Lipinski definition) is 2. The first-order valence-electron chi connectivity index (χ1n) is 8.43. The van der Waals surface area contributed by atoms with Crippen molar-refractivity contribution in [1.29, 1.82) is 0 Å². The molecule has 2 rings (SSSR count). The number of aliphatic hydroxyl groups excluding tert-OH is 1. The van der Waals surface area contributed by atoms with Crippen LogP contribution in [0.1, 0.15) is 62.7 Å². The number of amides is 2. The summed E-state index contributed by atoms with van der Waals surface area (Å²) in [5, 5.41) is 15.5. The summed E-state index contributed by atoms with van der Waals surface area (Å²) in [5.74, 6) is 0.175. The molecular weight excluding hydrogens is 326 g/mol. The SMILES string of the molecule is CC(C)(C)OC(=O)N=C1CCC(NC(=O)c2cc(CCO)on2)CC1. The van der Waals surface area contributed by atoms with Crippen molar-refractivity contribution in [3.8, 4) is 0 Å². The van der Waals surface area contributed by atoms with Crippen LogP contribution in [-0.2, 0) is 11.2 Å². The molecule has 0 aliphatic heterocycles. The van der Waals surface area contributed by atoms with Gasteiger partial charge in [-0.25, -0.2) is 4.79 Å². The highest BCUT2D eigenvalue weighted by atomic mass is 16.6. The van der Waals surface area contributed by atoms with E-state index in [9.17, 15) is 9.59 Å². The van der Waals surface area contributed by atoms with Gasteiger partial charge in [0.2, 0.25) is 0 Å². The topological polar surface area (TPSA) is 114 Å². The van der Waals surface area contributed by atoms with Crippen LogP contribution in [0.4, 0.5) is 4.79 Å². The summed E-state index contributed by atoms with van der Waals surface area (Å²) in [7, 11) is 0. The molecule has 1 aromatic rings. The third kappa shape index (κ3) is 6.30. The third-order valence-electron chi connectivity index (χ3n) is 3.69. The zero-order valence-electron chi connectivity index (χ0n) is 14.9. The van der Waals surface area contributed by atoms with E-state index in [1.165, 1.54) is 6.07 Å². The smallest absolute Gasteiger partial charge is 0.434 e. The number of hydrogen-bond acceptors (Lipinski definition) is 6. The fourth-order valence-electron chi connectivity index (χ4n) is 2.53. The monoisotopic (exact) mass is 351 g/mol. The number of nitrogens with one attached hydrogen (secondary N) is 1. The lowest BCUT2D eigenvalue weighted by Gasteiger charge is -2.24. The van der Waals surface area contributed by atoms with Crippen LogP contribution >= 0.6 is 0 Å². The second-order valence-corrected chi connectivity index (χ2v) is 7.06. The van der Waals surface area contributed by atoms with Gasteiger partial charge in [-0.05, 0) is 46.5 Å². The van der Waals surface area contributed by atoms with Crippen molar-refractivity contribution in [2.24, 2.45) is 4.99 Å². The van der Waals surface area contributed by atoms with Crippen molar-refractivity contribution in [2.45, 2.75) is 64.5 Å². The first-order valence-corrected chi connectivity index (χ1v) is 8.43. The lowest BCUT2D eigenvalue weighted by molar-refractivity contribution is 0.0602. The number of aliphatic imine (C=N–C) groups is 1. The normalized spacial score (nSPS) is 17.9. The molecule has 8 nitrogen and oxygen atoms in total. The van der Waals surface area contributed by atoms with E-state index in [0.717, 1.165) is 5.71 Å². The van der Waals surface area contributed by atoms with Gasteiger partial charge in [0.1, 0.15) is 11.4 Å². The Morgan fingerprint density at radius 2 is 2.08 bits per heavy atom. The Kier molecular flexibility index (Phi) is 6.30. The van der Waals surface area contributed by atoms with Crippen molar-refractivity contribution in [2.75, 3.05) is 6.61 Å². The van der Waals surface area contributed by atoms with Crippen LogP contribution < -0.4 is 5.32 Å². The molecule has 8 heteroatoms. The molecule has 1 saturated carbocycles. The molecule has 1 aromatic heterocycles. The standard InChI is InChI=1S/C17H25N3O5/c1-17(2,3)24-16(23)19-12-6-4-11(5-7-12)18-15(22)14-10-13(8-9-21)25-20-14/h10-11,21H,4-9H2,1-3H3,(H,18,22). The van der Waals surface area contributed by atoms with Crippen molar-refractivity contribution < 1.29 is 24.0 Å². The van der Waals surface area contributed by atoms with Gasteiger partial charge in [0.25, 0.3) is 5.91 Å². The van der Waals surface area contributed by atoms with Crippen LogP contribution in [0.2, 0.25) is 0 Å². The highest BCUT2D eigenvalue weighted by molar-refractivity contribution is 5.95. The van der Waals surface area contributed by atoms with Gasteiger partial charge in [0.05, 0.1) is 6.61 Å². The molecule has 25 heavy (non-hydrogen) atoms. The van der Waals surface area contributed by atoms with Crippen LogP contribution in [0.15, 0.2) is 15.6 Å². The third-order valence-corrected chi connectivity index (χ3v) is 3.69. The van der Waals surface area contributed by atoms with Gasteiger partial charge in [-0.2, -0.15) is 4.99 Å².